The fourth-order valence-electron chi connectivity index (χ4n) is 1.51. The Balaban J connectivity index is 2.63. The first-order chi connectivity index (χ1) is 10.2. The number of carbonyl (C=O) groups is 1. The van der Waals surface area contributed by atoms with Crippen molar-refractivity contribution < 1.29 is 26.7 Å². The number of methoxy groups -OCH3 is 1. The molecule has 0 saturated carbocycles. The summed E-state index contributed by atoms with van der Waals surface area (Å²) in [5, 5.41) is 8.63. The maximum absolute atomic E-state index is 13.4. The molecule has 0 atom stereocenters. The minimum atomic E-state index is -3.99. The van der Waals surface area contributed by atoms with Crippen LogP contribution in [0.1, 0.15) is 17.5 Å². The van der Waals surface area contributed by atoms with Gasteiger partial charge >= 0.3 is 5.97 Å². The number of sulfonamides is 1. The quantitative estimate of drug-likeness (QED) is 0.756. The van der Waals surface area contributed by atoms with E-state index in [2.05, 4.69) is 4.74 Å². The summed E-state index contributed by atoms with van der Waals surface area (Å²) in [6.45, 7) is -1.19. The Labute approximate surface area is 126 Å². The Morgan fingerprint density at radius 3 is 2.45 bits per heavy atom. The number of esters is 1. The molecule has 1 N–H and O–H groups in total. The van der Waals surface area contributed by atoms with E-state index in [1.165, 1.54) is 24.3 Å². The largest absolute Gasteiger partial charge is 0.469 e. The SMILES string of the molecule is COC(=O)CC(F)(F)CNS(=O)(=O)Cc1ccc(C#N)cc1. The van der Waals surface area contributed by atoms with Gasteiger partial charge in [0.1, 0.15) is 6.42 Å². The van der Waals surface area contributed by atoms with Gasteiger partial charge in [-0.05, 0) is 17.7 Å². The topological polar surface area (TPSA) is 96.3 Å². The van der Waals surface area contributed by atoms with E-state index in [1.807, 2.05) is 6.07 Å². The molecule has 0 saturated heterocycles. The highest BCUT2D eigenvalue weighted by Gasteiger charge is 2.34. The fraction of sp³-hybridized carbons (Fsp3) is 0.385. The second kappa shape index (κ2) is 7.29. The molecule has 0 aliphatic carbocycles. The molecule has 0 aliphatic heterocycles. The molecule has 9 heteroatoms. The van der Waals surface area contributed by atoms with Crippen LogP contribution in [-0.2, 0) is 25.3 Å². The van der Waals surface area contributed by atoms with Crippen molar-refractivity contribution in [1.82, 2.24) is 4.72 Å². The van der Waals surface area contributed by atoms with Crippen LogP contribution in [-0.4, -0.2) is 34.0 Å². The van der Waals surface area contributed by atoms with Crippen LogP contribution in [0.3, 0.4) is 0 Å². The van der Waals surface area contributed by atoms with Gasteiger partial charge in [-0.15, -0.1) is 0 Å². The third kappa shape index (κ3) is 6.15. The van der Waals surface area contributed by atoms with Crippen molar-refractivity contribution in [2.24, 2.45) is 0 Å². The van der Waals surface area contributed by atoms with Gasteiger partial charge in [0, 0.05) is 0 Å². The first kappa shape index (κ1) is 18.0. The minimum absolute atomic E-state index is 0.350. The third-order valence-electron chi connectivity index (χ3n) is 2.62. The Morgan fingerprint density at radius 1 is 1.36 bits per heavy atom. The summed E-state index contributed by atoms with van der Waals surface area (Å²) in [7, 11) is -3.03. The van der Waals surface area contributed by atoms with Gasteiger partial charge in [0.15, 0.2) is 0 Å². The minimum Gasteiger partial charge on any atom is -0.469 e. The molecule has 6 nitrogen and oxygen atoms in total. The zero-order valence-corrected chi connectivity index (χ0v) is 12.5. The first-order valence-corrected chi connectivity index (χ1v) is 7.74. The maximum atomic E-state index is 13.4. The van der Waals surface area contributed by atoms with Crippen LogP contribution in [0.25, 0.3) is 0 Å². The number of nitriles is 1. The van der Waals surface area contributed by atoms with Crippen LogP contribution >= 0.6 is 0 Å². The van der Waals surface area contributed by atoms with Crippen LogP contribution < -0.4 is 4.72 Å². The van der Waals surface area contributed by atoms with E-state index >= 15 is 0 Å². The van der Waals surface area contributed by atoms with E-state index in [4.69, 9.17) is 5.26 Å². The van der Waals surface area contributed by atoms with Gasteiger partial charge in [0.2, 0.25) is 10.0 Å². The molecule has 0 amide bonds. The molecule has 0 fully saturated rings. The van der Waals surface area contributed by atoms with Gasteiger partial charge in [0.05, 0.1) is 31.0 Å². The second-order valence-electron chi connectivity index (χ2n) is 4.50. The Morgan fingerprint density at radius 2 is 1.95 bits per heavy atom. The molecule has 0 radical (unpaired) electrons. The smallest absolute Gasteiger partial charge is 0.311 e. The van der Waals surface area contributed by atoms with Crippen molar-refractivity contribution in [3.05, 3.63) is 35.4 Å². The van der Waals surface area contributed by atoms with E-state index in [0.29, 0.717) is 11.1 Å². The predicted molar refractivity (Wildman–Crippen MR) is 73.4 cm³/mol. The molecular formula is C13H14F2N2O4S. The first-order valence-electron chi connectivity index (χ1n) is 6.08. The van der Waals surface area contributed by atoms with Crippen molar-refractivity contribution in [2.75, 3.05) is 13.7 Å². The van der Waals surface area contributed by atoms with Crippen LogP contribution in [0, 0.1) is 11.3 Å². The molecule has 1 aromatic carbocycles. The van der Waals surface area contributed by atoms with Crippen molar-refractivity contribution in [2.45, 2.75) is 18.1 Å². The number of alkyl halides is 2. The molecule has 1 rings (SSSR count). The molecule has 0 heterocycles. The van der Waals surface area contributed by atoms with Crippen LogP contribution in [0.2, 0.25) is 0 Å². The normalized spacial score (nSPS) is 11.7. The highest BCUT2D eigenvalue weighted by molar-refractivity contribution is 7.88. The molecule has 1 aromatic rings. The number of benzene rings is 1. The number of halogens is 2. The lowest BCUT2D eigenvalue weighted by molar-refractivity contribution is -0.148. The molecule has 0 bridgehead atoms. The summed E-state index contributed by atoms with van der Waals surface area (Å²) in [6, 6.07) is 7.57. The van der Waals surface area contributed by atoms with Gasteiger partial charge in [-0.25, -0.2) is 21.9 Å². The number of nitrogens with one attached hydrogen (secondary N) is 1. The van der Waals surface area contributed by atoms with E-state index in [0.717, 1.165) is 7.11 Å². The van der Waals surface area contributed by atoms with E-state index in [1.54, 1.807) is 4.72 Å². The zero-order chi connectivity index (χ0) is 16.8. The van der Waals surface area contributed by atoms with Crippen LogP contribution in [0.15, 0.2) is 24.3 Å². The van der Waals surface area contributed by atoms with Crippen molar-refractivity contribution in [1.29, 1.82) is 5.26 Å². The summed E-state index contributed by atoms with van der Waals surface area (Å²) in [4.78, 5) is 10.8. The molecule has 0 spiro atoms. The Hall–Kier alpha value is -2.05. The maximum Gasteiger partial charge on any atom is 0.311 e. The number of ether oxygens (including phenoxy) is 1. The average molecular weight is 332 g/mol. The number of rotatable bonds is 7. The number of hydrogen-bond donors (Lipinski definition) is 1. The lowest BCUT2D eigenvalue weighted by Crippen LogP contribution is -2.38. The molecule has 22 heavy (non-hydrogen) atoms. The van der Waals surface area contributed by atoms with Gasteiger partial charge in [-0.2, -0.15) is 5.26 Å². The standard InChI is InChI=1S/C13H14F2N2O4S/c1-21-12(18)6-13(14,15)9-17-22(19,20)8-11-4-2-10(7-16)3-5-11/h2-5,17H,6,8-9H2,1H3. The van der Waals surface area contributed by atoms with Gasteiger partial charge in [0.25, 0.3) is 5.92 Å². The zero-order valence-electron chi connectivity index (χ0n) is 11.7. The lowest BCUT2D eigenvalue weighted by atomic mass is 10.2. The molecule has 0 aromatic heterocycles. The number of hydrogen-bond acceptors (Lipinski definition) is 5. The van der Waals surface area contributed by atoms with Crippen LogP contribution in [0.5, 0.6) is 0 Å². The summed E-state index contributed by atoms with van der Waals surface area (Å²) in [5.41, 5.74) is 0.710. The van der Waals surface area contributed by atoms with Gasteiger partial charge in [-0.3, -0.25) is 4.79 Å². The highest BCUT2D eigenvalue weighted by Crippen LogP contribution is 2.18. The average Bonchev–Trinajstić information content (AvgIpc) is 2.45. The molecule has 120 valence electrons. The van der Waals surface area contributed by atoms with Crippen LogP contribution in [0.4, 0.5) is 8.78 Å². The summed E-state index contributed by atoms with van der Waals surface area (Å²) >= 11 is 0. The van der Waals surface area contributed by atoms with Gasteiger partial charge < -0.3 is 4.74 Å². The summed E-state index contributed by atoms with van der Waals surface area (Å²) in [6.07, 6.45) is -1.21. The summed E-state index contributed by atoms with van der Waals surface area (Å²) in [5.74, 6) is -5.17. The number of carbonyl (C=O) groups excluding carboxylic acids is 1. The highest BCUT2D eigenvalue weighted by atomic mass is 32.2. The van der Waals surface area contributed by atoms with E-state index < -0.39 is 40.6 Å². The monoisotopic (exact) mass is 332 g/mol. The molecule has 0 aliphatic rings. The Kier molecular flexibility index (Phi) is 5.96. The summed E-state index contributed by atoms with van der Waals surface area (Å²) < 4.78 is 56.1. The van der Waals surface area contributed by atoms with Crippen molar-refractivity contribution >= 4 is 16.0 Å². The van der Waals surface area contributed by atoms with E-state index in [9.17, 15) is 22.0 Å². The fourth-order valence-corrected chi connectivity index (χ4v) is 2.67. The number of nitrogens with zero attached hydrogens (tertiary/aromatic N) is 1. The lowest BCUT2D eigenvalue weighted by Gasteiger charge is -2.15. The predicted octanol–water partition coefficient (Wildman–Crippen LogP) is 1.18. The van der Waals surface area contributed by atoms with Gasteiger partial charge in [-0.1, -0.05) is 12.1 Å². The molecular weight excluding hydrogens is 318 g/mol. The Bertz CT molecular complexity index is 666. The van der Waals surface area contributed by atoms with Crippen molar-refractivity contribution in [3.63, 3.8) is 0 Å². The second-order valence-corrected chi connectivity index (χ2v) is 6.30. The van der Waals surface area contributed by atoms with Crippen molar-refractivity contribution in [3.8, 4) is 6.07 Å². The third-order valence-corrected chi connectivity index (χ3v) is 3.92. The molecule has 0 unspecified atom stereocenters. The van der Waals surface area contributed by atoms with E-state index in [-0.39, 0.29) is 0 Å².